The number of H-pyrrole nitrogens is 1. The van der Waals surface area contributed by atoms with Crippen molar-refractivity contribution in [3.05, 3.63) is 41.6 Å². The number of rotatable bonds is 4. The molecule has 1 aromatic carbocycles. The first-order valence-electron chi connectivity index (χ1n) is 6.13. The SMILES string of the molecule is N#Cc1ccc(-c2[nH]ncc2CNC2CC2)cc1. The number of nitrogens with one attached hydrogen (secondary N) is 2. The van der Waals surface area contributed by atoms with Crippen LogP contribution in [0, 0.1) is 11.3 Å². The number of benzene rings is 1. The van der Waals surface area contributed by atoms with Crippen LogP contribution in [0.15, 0.2) is 30.5 Å². The zero-order valence-electron chi connectivity index (χ0n) is 9.98. The Kier molecular flexibility index (Phi) is 2.83. The van der Waals surface area contributed by atoms with Crippen LogP contribution in [0.5, 0.6) is 0 Å². The van der Waals surface area contributed by atoms with Crippen molar-refractivity contribution in [3.63, 3.8) is 0 Å². The van der Waals surface area contributed by atoms with E-state index in [1.54, 1.807) is 0 Å². The quantitative estimate of drug-likeness (QED) is 0.858. The molecule has 1 aliphatic carbocycles. The van der Waals surface area contributed by atoms with Crippen molar-refractivity contribution in [1.82, 2.24) is 15.5 Å². The monoisotopic (exact) mass is 238 g/mol. The van der Waals surface area contributed by atoms with Crippen molar-refractivity contribution >= 4 is 0 Å². The molecular weight excluding hydrogens is 224 g/mol. The van der Waals surface area contributed by atoms with Crippen LogP contribution < -0.4 is 5.32 Å². The fraction of sp³-hybridized carbons (Fsp3) is 0.286. The average molecular weight is 238 g/mol. The van der Waals surface area contributed by atoms with E-state index >= 15 is 0 Å². The molecule has 0 radical (unpaired) electrons. The summed E-state index contributed by atoms with van der Waals surface area (Å²) in [6.07, 6.45) is 4.43. The number of nitriles is 1. The van der Waals surface area contributed by atoms with Gasteiger partial charge in [-0.15, -0.1) is 0 Å². The van der Waals surface area contributed by atoms with Crippen LogP contribution in [0.3, 0.4) is 0 Å². The van der Waals surface area contributed by atoms with Gasteiger partial charge >= 0.3 is 0 Å². The van der Waals surface area contributed by atoms with Gasteiger partial charge in [-0.05, 0) is 30.5 Å². The van der Waals surface area contributed by atoms with Gasteiger partial charge in [0.05, 0.1) is 23.5 Å². The van der Waals surface area contributed by atoms with Gasteiger partial charge in [0.25, 0.3) is 0 Å². The van der Waals surface area contributed by atoms with Gasteiger partial charge in [-0.1, -0.05) is 12.1 Å². The van der Waals surface area contributed by atoms with Gasteiger partial charge in [-0.25, -0.2) is 0 Å². The Morgan fingerprint density at radius 1 is 1.33 bits per heavy atom. The highest BCUT2D eigenvalue weighted by molar-refractivity contribution is 5.63. The first-order chi connectivity index (χ1) is 8.86. The maximum absolute atomic E-state index is 8.79. The van der Waals surface area contributed by atoms with Gasteiger partial charge < -0.3 is 5.32 Å². The second-order valence-corrected chi connectivity index (χ2v) is 4.61. The van der Waals surface area contributed by atoms with Gasteiger partial charge in [-0.3, -0.25) is 5.10 Å². The molecule has 90 valence electrons. The summed E-state index contributed by atoms with van der Waals surface area (Å²) in [6.45, 7) is 0.844. The minimum absolute atomic E-state index is 0.677. The molecule has 0 spiro atoms. The summed E-state index contributed by atoms with van der Waals surface area (Å²) in [7, 11) is 0. The second-order valence-electron chi connectivity index (χ2n) is 4.61. The van der Waals surface area contributed by atoms with Crippen molar-refractivity contribution in [3.8, 4) is 17.3 Å². The van der Waals surface area contributed by atoms with E-state index in [9.17, 15) is 0 Å². The molecule has 18 heavy (non-hydrogen) atoms. The van der Waals surface area contributed by atoms with E-state index in [1.807, 2.05) is 30.5 Å². The molecule has 0 unspecified atom stereocenters. The van der Waals surface area contributed by atoms with E-state index in [-0.39, 0.29) is 0 Å². The van der Waals surface area contributed by atoms with Gasteiger partial charge in [-0.2, -0.15) is 10.4 Å². The molecule has 1 heterocycles. The van der Waals surface area contributed by atoms with E-state index in [2.05, 4.69) is 21.6 Å². The first kappa shape index (κ1) is 11.0. The number of hydrogen-bond acceptors (Lipinski definition) is 3. The molecule has 2 N–H and O–H groups in total. The van der Waals surface area contributed by atoms with Crippen LogP contribution >= 0.6 is 0 Å². The van der Waals surface area contributed by atoms with Gasteiger partial charge in [0.1, 0.15) is 0 Å². The maximum Gasteiger partial charge on any atom is 0.0991 e. The number of nitrogens with zero attached hydrogens (tertiary/aromatic N) is 2. The summed E-state index contributed by atoms with van der Waals surface area (Å²) in [5, 5.41) is 19.4. The van der Waals surface area contributed by atoms with Crippen LogP contribution in [0.2, 0.25) is 0 Å². The maximum atomic E-state index is 8.79. The third kappa shape index (κ3) is 2.27. The molecule has 0 amide bonds. The Morgan fingerprint density at radius 2 is 2.11 bits per heavy atom. The summed E-state index contributed by atoms with van der Waals surface area (Å²) in [5.74, 6) is 0. The molecule has 0 atom stereocenters. The summed E-state index contributed by atoms with van der Waals surface area (Å²) >= 11 is 0. The molecule has 0 bridgehead atoms. The summed E-state index contributed by atoms with van der Waals surface area (Å²) in [5.41, 5.74) is 3.95. The van der Waals surface area contributed by atoms with Crippen molar-refractivity contribution < 1.29 is 0 Å². The predicted molar refractivity (Wildman–Crippen MR) is 68.6 cm³/mol. The van der Waals surface area contributed by atoms with Crippen LogP contribution in [0.25, 0.3) is 11.3 Å². The summed E-state index contributed by atoms with van der Waals surface area (Å²) in [6, 6.07) is 10.4. The van der Waals surface area contributed by atoms with E-state index in [0.29, 0.717) is 11.6 Å². The van der Waals surface area contributed by atoms with E-state index < -0.39 is 0 Å². The molecular formula is C14H14N4. The minimum Gasteiger partial charge on any atom is -0.310 e. The van der Waals surface area contributed by atoms with Crippen molar-refractivity contribution in [2.24, 2.45) is 0 Å². The molecule has 0 aliphatic heterocycles. The number of hydrogen-bond donors (Lipinski definition) is 2. The van der Waals surface area contributed by atoms with Gasteiger partial charge in [0.15, 0.2) is 0 Å². The average Bonchev–Trinajstić information content (AvgIpc) is 3.14. The fourth-order valence-electron chi connectivity index (χ4n) is 1.95. The van der Waals surface area contributed by atoms with Crippen LogP contribution in [-0.2, 0) is 6.54 Å². The smallest absolute Gasteiger partial charge is 0.0991 e. The molecule has 1 aromatic heterocycles. The van der Waals surface area contributed by atoms with E-state index in [1.165, 1.54) is 18.4 Å². The van der Waals surface area contributed by atoms with Crippen molar-refractivity contribution in [1.29, 1.82) is 5.26 Å². The number of aromatic amines is 1. The minimum atomic E-state index is 0.677. The van der Waals surface area contributed by atoms with Gasteiger partial charge in [0.2, 0.25) is 0 Å². The lowest BCUT2D eigenvalue weighted by Crippen LogP contribution is -2.15. The van der Waals surface area contributed by atoms with Crippen molar-refractivity contribution in [2.45, 2.75) is 25.4 Å². The third-order valence-electron chi connectivity index (χ3n) is 3.18. The largest absolute Gasteiger partial charge is 0.310 e. The molecule has 1 fully saturated rings. The highest BCUT2D eigenvalue weighted by atomic mass is 15.1. The first-order valence-corrected chi connectivity index (χ1v) is 6.13. The normalized spacial score (nSPS) is 14.4. The molecule has 1 saturated carbocycles. The summed E-state index contributed by atoms with van der Waals surface area (Å²) in [4.78, 5) is 0. The van der Waals surface area contributed by atoms with E-state index in [4.69, 9.17) is 5.26 Å². The highest BCUT2D eigenvalue weighted by Crippen LogP contribution is 2.23. The molecule has 4 heteroatoms. The molecule has 0 saturated heterocycles. The fourth-order valence-corrected chi connectivity index (χ4v) is 1.95. The molecule has 4 nitrogen and oxygen atoms in total. The summed E-state index contributed by atoms with van der Waals surface area (Å²) < 4.78 is 0. The Morgan fingerprint density at radius 3 is 2.78 bits per heavy atom. The zero-order chi connectivity index (χ0) is 12.4. The number of aromatic nitrogens is 2. The second kappa shape index (κ2) is 4.63. The van der Waals surface area contributed by atoms with Crippen LogP contribution in [0.1, 0.15) is 24.0 Å². The Labute approximate surface area is 106 Å². The third-order valence-corrected chi connectivity index (χ3v) is 3.18. The zero-order valence-corrected chi connectivity index (χ0v) is 9.98. The molecule has 3 rings (SSSR count). The lowest BCUT2D eigenvalue weighted by atomic mass is 10.1. The molecule has 1 aliphatic rings. The van der Waals surface area contributed by atoms with E-state index in [0.717, 1.165) is 17.8 Å². The van der Waals surface area contributed by atoms with Crippen molar-refractivity contribution in [2.75, 3.05) is 0 Å². The van der Waals surface area contributed by atoms with Crippen LogP contribution in [-0.4, -0.2) is 16.2 Å². The Balaban J connectivity index is 1.81. The van der Waals surface area contributed by atoms with Crippen LogP contribution in [0.4, 0.5) is 0 Å². The topological polar surface area (TPSA) is 64.5 Å². The standard InChI is InChI=1S/C14H14N4/c15-7-10-1-3-11(4-2-10)14-12(9-17-18-14)8-16-13-5-6-13/h1-4,9,13,16H,5-6,8H2,(H,17,18). The Bertz CT molecular complexity index is 573. The lowest BCUT2D eigenvalue weighted by molar-refractivity contribution is 0.689. The lowest BCUT2D eigenvalue weighted by Gasteiger charge is -2.04. The van der Waals surface area contributed by atoms with Gasteiger partial charge in [0, 0.05) is 18.2 Å². The predicted octanol–water partition coefficient (Wildman–Crippen LogP) is 2.20. The molecule has 2 aromatic rings. The highest BCUT2D eigenvalue weighted by Gasteiger charge is 2.20. The Hall–Kier alpha value is -2.12.